The first-order valence-corrected chi connectivity index (χ1v) is 11.1. The minimum absolute atomic E-state index is 0.0104. The van der Waals surface area contributed by atoms with Crippen LogP contribution in [0.1, 0.15) is 18.4 Å². The van der Waals surface area contributed by atoms with E-state index in [9.17, 15) is 47.3 Å². The Morgan fingerprint density at radius 2 is 1.79 bits per heavy atom. The lowest BCUT2D eigenvalue weighted by atomic mass is 9.99. The number of benzene rings is 1. The molecular formula is C17H18F8N4O4S. The quantitative estimate of drug-likeness (QED) is 0.176. The third-order valence-electron chi connectivity index (χ3n) is 4.37. The van der Waals surface area contributed by atoms with Crippen molar-refractivity contribution < 1.29 is 52.0 Å². The van der Waals surface area contributed by atoms with Crippen LogP contribution in [0.25, 0.3) is 6.08 Å². The van der Waals surface area contributed by atoms with Crippen LogP contribution in [-0.4, -0.2) is 47.8 Å². The van der Waals surface area contributed by atoms with Crippen LogP contribution in [0, 0.1) is 0 Å². The number of aliphatic carboxylic acids is 1. The minimum Gasteiger partial charge on any atom is -0.480 e. The van der Waals surface area contributed by atoms with Crippen molar-refractivity contribution >= 4 is 34.1 Å². The van der Waals surface area contributed by atoms with Crippen molar-refractivity contribution in [1.29, 1.82) is 0 Å². The SMILES string of the molecule is NC(N)=NCCC[C@H](NC(=O)C1=Cc2cc(S(F)(F)(F)(F)F)ccc2O[C@@H]1C(F)(F)F)C(=O)O. The monoisotopic (exact) mass is 526 g/mol. The summed E-state index contributed by atoms with van der Waals surface area (Å²) in [4.78, 5) is 25.0. The number of amides is 1. The highest BCUT2D eigenvalue weighted by Crippen LogP contribution is 3.02. The van der Waals surface area contributed by atoms with Crippen molar-refractivity contribution in [2.75, 3.05) is 6.54 Å². The molecule has 6 N–H and O–H groups in total. The van der Waals surface area contributed by atoms with E-state index in [0.29, 0.717) is 0 Å². The van der Waals surface area contributed by atoms with E-state index in [1.165, 1.54) is 0 Å². The Hall–Kier alpha value is -3.24. The van der Waals surface area contributed by atoms with E-state index in [0.717, 1.165) is 0 Å². The van der Waals surface area contributed by atoms with Crippen LogP contribution in [0.4, 0.5) is 32.6 Å². The molecule has 0 aliphatic carbocycles. The predicted octanol–water partition coefficient (Wildman–Crippen LogP) is 3.67. The van der Waals surface area contributed by atoms with Crippen molar-refractivity contribution in [3.8, 4) is 5.75 Å². The lowest BCUT2D eigenvalue weighted by Gasteiger charge is -2.41. The highest BCUT2D eigenvalue weighted by atomic mass is 32.5. The van der Waals surface area contributed by atoms with Gasteiger partial charge >= 0.3 is 22.4 Å². The largest absolute Gasteiger partial charge is 0.480 e. The summed E-state index contributed by atoms with van der Waals surface area (Å²) in [5.41, 5.74) is 7.99. The number of nitrogens with zero attached hydrogens (tertiary/aromatic N) is 1. The fourth-order valence-electron chi connectivity index (χ4n) is 2.85. The number of nitrogens with two attached hydrogens (primary N) is 2. The number of nitrogens with one attached hydrogen (secondary N) is 1. The number of fused-ring (bicyclic) bond motifs is 1. The molecule has 0 aromatic heterocycles. The van der Waals surface area contributed by atoms with Gasteiger partial charge in [0.15, 0.2) is 5.96 Å². The molecule has 1 aliphatic heterocycles. The molecule has 0 unspecified atom stereocenters. The van der Waals surface area contributed by atoms with Crippen LogP contribution >= 0.6 is 10.2 Å². The molecule has 1 aromatic rings. The number of ether oxygens (including phenoxy) is 1. The highest BCUT2D eigenvalue weighted by Gasteiger charge is 2.65. The third-order valence-corrected chi connectivity index (χ3v) is 5.52. The number of hydrogen-bond acceptors (Lipinski definition) is 4. The Morgan fingerprint density at radius 1 is 1.18 bits per heavy atom. The molecule has 0 saturated heterocycles. The summed E-state index contributed by atoms with van der Waals surface area (Å²) < 4.78 is 110. The van der Waals surface area contributed by atoms with Gasteiger partial charge in [-0.25, -0.2) is 4.79 Å². The van der Waals surface area contributed by atoms with Crippen molar-refractivity contribution in [2.24, 2.45) is 16.5 Å². The van der Waals surface area contributed by atoms with Crippen LogP contribution in [0.2, 0.25) is 0 Å². The molecule has 192 valence electrons. The molecular weight excluding hydrogens is 508 g/mol. The number of rotatable bonds is 8. The Kier molecular flexibility index (Phi) is 6.52. The fraction of sp³-hybridized carbons (Fsp3) is 0.353. The molecule has 2 rings (SSSR count). The van der Waals surface area contributed by atoms with Gasteiger partial charge in [-0.05, 0) is 37.1 Å². The number of hydrogen-bond donors (Lipinski definition) is 4. The van der Waals surface area contributed by atoms with E-state index < -0.39 is 62.2 Å². The first-order valence-electron chi connectivity index (χ1n) is 9.11. The molecule has 2 atom stereocenters. The smallest absolute Gasteiger partial charge is 0.429 e. The second-order valence-electron chi connectivity index (χ2n) is 7.12. The summed E-state index contributed by atoms with van der Waals surface area (Å²) in [5, 5.41) is 11.0. The number of aliphatic imine (C=N–C) groups is 1. The summed E-state index contributed by atoms with van der Waals surface area (Å²) in [5.74, 6) is -4.42. The molecule has 0 bridgehead atoms. The first-order chi connectivity index (χ1) is 15.2. The average molecular weight is 526 g/mol. The van der Waals surface area contributed by atoms with Gasteiger partial charge in [-0.3, -0.25) is 9.79 Å². The summed E-state index contributed by atoms with van der Waals surface area (Å²) in [6, 6.07) is -1.74. The van der Waals surface area contributed by atoms with Gasteiger partial charge in [0.25, 0.3) is 5.91 Å². The van der Waals surface area contributed by atoms with Gasteiger partial charge in [0, 0.05) is 12.1 Å². The predicted molar refractivity (Wildman–Crippen MR) is 106 cm³/mol. The second kappa shape index (κ2) is 8.21. The summed E-state index contributed by atoms with van der Waals surface area (Å²) in [6.07, 6.45) is -8.30. The van der Waals surface area contributed by atoms with Crippen LogP contribution in [0.3, 0.4) is 0 Å². The number of carbonyl (C=O) groups excluding carboxylic acids is 1. The van der Waals surface area contributed by atoms with E-state index in [2.05, 4.69) is 9.73 Å². The van der Waals surface area contributed by atoms with E-state index in [4.69, 9.17) is 11.5 Å². The zero-order chi connectivity index (χ0) is 26.2. The van der Waals surface area contributed by atoms with E-state index >= 15 is 0 Å². The number of halogens is 8. The van der Waals surface area contributed by atoms with E-state index in [1.54, 1.807) is 5.32 Å². The van der Waals surface area contributed by atoms with Crippen LogP contribution in [0.5, 0.6) is 5.75 Å². The average Bonchev–Trinajstić information content (AvgIpc) is 2.65. The Labute approximate surface area is 186 Å². The minimum atomic E-state index is -10.2. The number of carboxylic acid groups (broad SMARTS) is 1. The number of carboxylic acids is 1. The van der Waals surface area contributed by atoms with E-state index in [1.807, 2.05) is 0 Å². The molecule has 1 amide bonds. The zero-order valence-electron chi connectivity index (χ0n) is 16.8. The molecule has 34 heavy (non-hydrogen) atoms. The van der Waals surface area contributed by atoms with Crippen molar-refractivity contribution in [3.63, 3.8) is 0 Å². The molecule has 1 heterocycles. The van der Waals surface area contributed by atoms with Gasteiger partial charge in [-0.1, -0.05) is 19.4 Å². The molecule has 1 aromatic carbocycles. The van der Waals surface area contributed by atoms with Gasteiger partial charge in [0.05, 0.1) is 5.57 Å². The zero-order valence-corrected chi connectivity index (χ0v) is 17.6. The maximum absolute atomic E-state index is 13.5. The van der Waals surface area contributed by atoms with Gasteiger partial charge in [0.1, 0.15) is 16.7 Å². The Morgan fingerprint density at radius 3 is 2.29 bits per heavy atom. The van der Waals surface area contributed by atoms with Crippen LogP contribution in [0.15, 0.2) is 33.7 Å². The van der Waals surface area contributed by atoms with Gasteiger partial charge < -0.3 is 26.6 Å². The molecule has 0 spiro atoms. The molecule has 0 radical (unpaired) electrons. The maximum atomic E-state index is 13.5. The Bertz CT molecular complexity index is 1050. The van der Waals surface area contributed by atoms with Gasteiger partial charge in [0.2, 0.25) is 6.10 Å². The highest BCUT2D eigenvalue weighted by molar-refractivity contribution is 8.45. The van der Waals surface area contributed by atoms with Crippen molar-refractivity contribution in [1.82, 2.24) is 5.32 Å². The second-order valence-corrected chi connectivity index (χ2v) is 9.53. The van der Waals surface area contributed by atoms with Gasteiger partial charge in [-0.15, -0.1) is 0 Å². The first kappa shape index (κ1) is 27.0. The molecule has 1 aliphatic rings. The molecule has 0 saturated carbocycles. The summed E-state index contributed by atoms with van der Waals surface area (Å²) >= 11 is 0. The van der Waals surface area contributed by atoms with Crippen LogP contribution < -0.4 is 21.5 Å². The topological polar surface area (TPSA) is 140 Å². The lowest BCUT2D eigenvalue weighted by molar-refractivity contribution is -0.185. The standard InChI is InChI=1S/C17H18F8N4O4S/c18-17(19,20)13-10(14(30)29-11(15(31)32)2-1-5-28-16(26)27)7-8-6-9(3-4-12(8)33-13)34(21,22,23,24)25/h3-4,6-7,11,13H,1-2,5H2,(H,29,30)(H,31,32)(H4,26,27,28)/t11-,13-/m0/s1. The van der Waals surface area contributed by atoms with Gasteiger partial charge in [-0.2, -0.15) is 13.2 Å². The Balaban J connectivity index is 2.42. The van der Waals surface area contributed by atoms with Crippen molar-refractivity contribution in [3.05, 3.63) is 29.3 Å². The number of guanidine groups is 1. The third kappa shape index (κ3) is 6.88. The maximum Gasteiger partial charge on any atom is 0.429 e. The van der Waals surface area contributed by atoms with Crippen molar-refractivity contribution in [2.45, 2.75) is 36.1 Å². The van der Waals surface area contributed by atoms with Crippen LogP contribution in [-0.2, 0) is 9.59 Å². The summed E-state index contributed by atoms with van der Waals surface area (Å²) in [6.45, 7) is -0.0660. The number of carbonyl (C=O) groups is 2. The molecule has 17 heteroatoms. The molecule has 8 nitrogen and oxygen atoms in total. The lowest BCUT2D eigenvalue weighted by Crippen LogP contribution is -2.47. The fourth-order valence-corrected chi connectivity index (χ4v) is 3.53. The van der Waals surface area contributed by atoms with E-state index in [-0.39, 0.29) is 49.6 Å². The normalized spacial score (nSPS) is 18.8. The summed E-state index contributed by atoms with van der Waals surface area (Å²) in [7, 11) is -10.2. The number of alkyl halides is 3. The molecule has 0 fully saturated rings.